The van der Waals surface area contributed by atoms with Gasteiger partial charge in [-0.1, -0.05) is 37.1 Å². The highest BCUT2D eigenvalue weighted by atomic mass is 35.5. The smallest absolute Gasteiger partial charge is 0.326 e. The third-order valence-electron chi connectivity index (χ3n) is 3.41. The second-order valence-corrected chi connectivity index (χ2v) is 5.41. The van der Waals surface area contributed by atoms with Crippen LogP contribution in [0, 0.1) is 0 Å². The highest BCUT2D eigenvalue weighted by Gasteiger charge is 2.23. The van der Waals surface area contributed by atoms with Crippen molar-refractivity contribution in [3.05, 3.63) is 34.9 Å². The summed E-state index contributed by atoms with van der Waals surface area (Å²) in [5.74, 6) is -1.02. The Morgan fingerprint density at radius 2 is 2.10 bits per heavy atom. The number of benzene rings is 1. The van der Waals surface area contributed by atoms with Gasteiger partial charge in [-0.2, -0.15) is 0 Å². The number of rotatable bonds is 6. The van der Waals surface area contributed by atoms with E-state index in [1.807, 2.05) is 26.0 Å². The molecular weight excluding hydrogens is 292 g/mol. The number of aliphatic carboxylic acids is 1. The molecule has 2 amide bonds. The fourth-order valence-corrected chi connectivity index (χ4v) is 2.16. The van der Waals surface area contributed by atoms with E-state index in [9.17, 15) is 9.59 Å². The molecule has 1 rings (SSSR count). The van der Waals surface area contributed by atoms with E-state index in [1.54, 1.807) is 19.2 Å². The lowest BCUT2D eigenvalue weighted by Crippen LogP contribution is -2.47. The summed E-state index contributed by atoms with van der Waals surface area (Å²) in [5.41, 5.74) is 0.891. The summed E-state index contributed by atoms with van der Waals surface area (Å²) in [5, 5.41) is 12.2. The summed E-state index contributed by atoms with van der Waals surface area (Å²) >= 11 is 5.94. The van der Waals surface area contributed by atoms with Crippen LogP contribution in [0.1, 0.15) is 38.3 Å². The molecule has 6 heteroatoms. The first-order valence-corrected chi connectivity index (χ1v) is 7.26. The van der Waals surface area contributed by atoms with Gasteiger partial charge in [-0.15, -0.1) is 0 Å². The maximum Gasteiger partial charge on any atom is 0.326 e. The Morgan fingerprint density at radius 3 is 2.62 bits per heavy atom. The van der Waals surface area contributed by atoms with Crippen molar-refractivity contribution in [2.45, 2.75) is 38.8 Å². The van der Waals surface area contributed by atoms with Gasteiger partial charge in [-0.3, -0.25) is 0 Å². The van der Waals surface area contributed by atoms with Crippen LogP contribution in [0.2, 0.25) is 5.02 Å². The molecular formula is C15H21ClN2O3. The molecule has 0 spiro atoms. The van der Waals surface area contributed by atoms with Crippen LogP contribution in [0.25, 0.3) is 0 Å². The van der Waals surface area contributed by atoms with E-state index < -0.39 is 18.0 Å². The number of amides is 2. The first kappa shape index (κ1) is 17.3. The predicted molar refractivity (Wildman–Crippen MR) is 82.5 cm³/mol. The quantitative estimate of drug-likeness (QED) is 0.846. The van der Waals surface area contributed by atoms with Gasteiger partial charge in [0.05, 0.1) is 6.04 Å². The molecule has 0 aliphatic rings. The summed E-state index contributed by atoms with van der Waals surface area (Å²) in [4.78, 5) is 24.7. The molecule has 0 aromatic heterocycles. The van der Waals surface area contributed by atoms with Crippen molar-refractivity contribution >= 4 is 23.6 Å². The average molecular weight is 313 g/mol. The first-order chi connectivity index (χ1) is 9.86. The molecule has 1 aromatic carbocycles. The van der Waals surface area contributed by atoms with E-state index in [2.05, 4.69) is 5.32 Å². The topological polar surface area (TPSA) is 69.6 Å². The zero-order valence-corrected chi connectivity index (χ0v) is 13.2. The largest absolute Gasteiger partial charge is 0.480 e. The van der Waals surface area contributed by atoms with E-state index in [1.165, 1.54) is 4.90 Å². The van der Waals surface area contributed by atoms with Crippen LogP contribution in [-0.4, -0.2) is 35.1 Å². The van der Waals surface area contributed by atoms with Crippen LogP contribution in [0.3, 0.4) is 0 Å². The maximum atomic E-state index is 12.2. The third kappa shape index (κ3) is 4.93. The number of carbonyl (C=O) groups is 2. The molecule has 0 fully saturated rings. The Labute approximate surface area is 129 Å². The SMILES string of the molecule is CCC[C@H](NC(=O)N(C)C(C)c1cccc(Cl)c1)C(=O)O. The molecule has 2 N–H and O–H groups in total. The summed E-state index contributed by atoms with van der Waals surface area (Å²) in [7, 11) is 1.63. The van der Waals surface area contributed by atoms with Gasteiger partial charge in [-0.25, -0.2) is 9.59 Å². The van der Waals surface area contributed by atoms with Gasteiger partial charge in [0.2, 0.25) is 0 Å². The van der Waals surface area contributed by atoms with E-state index in [-0.39, 0.29) is 6.04 Å². The van der Waals surface area contributed by atoms with E-state index >= 15 is 0 Å². The maximum absolute atomic E-state index is 12.2. The molecule has 0 radical (unpaired) electrons. The van der Waals surface area contributed by atoms with Crippen molar-refractivity contribution in [3.8, 4) is 0 Å². The lowest BCUT2D eigenvalue weighted by molar-refractivity contribution is -0.139. The van der Waals surface area contributed by atoms with E-state index in [0.29, 0.717) is 17.9 Å². The molecule has 2 atom stereocenters. The number of hydrogen-bond donors (Lipinski definition) is 2. The van der Waals surface area contributed by atoms with Crippen molar-refractivity contribution in [2.75, 3.05) is 7.05 Å². The summed E-state index contributed by atoms with van der Waals surface area (Å²) in [6, 6.07) is 5.76. The fourth-order valence-electron chi connectivity index (χ4n) is 1.96. The Hall–Kier alpha value is -1.75. The minimum atomic E-state index is -1.02. The molecule has 0 bridgehead atoms. The Morgan fingerprint density at radius 1 is 1.43 bits per heavy atom. The van der Waals surface area contributed by atoms with E-state index in [4.69, 9.17) is 16.7 Å². The van der Waals surface area contributed by atoms with Crippen molar-refractivity contribution < 1.29 is 14.7 Å². The number of hydrogen-bond acceptors (Lipinski definition) is 2. The fraction of sp³-hybridized carbons (Fsp3) is 0.467. The van der Waals surface area contributed by atoms with Gasteiger partial charge < -0.3 is 15.3 Å². The molecule has 5 nitrogen and oxygen atoms in total. The Bertz CT molecular complexity index is 507. The van der Waals surface area contributed by atoms with Gasteiger partial charge >= 0.3 is 12.0 Å². The first-order valence-electron chi connectivity index (χ1n) is 6.88. The Kier molecular flexibility index (Phi) is 6.49. The summed E-state index contributed by atoms with van der Waals surface area (Å²) < 4.78 is 0. The van der Waals surface area contributed by atoms with Gasteiger partial charge in [0.25, 0.3) is 0 Å². The number of carboxylic acid groups (broad SMARTS) is 1. The molecule has 0 saturated carbocycles. The molecule has 0 aliphatic heterocycles. The molecule has 0 heterocycles. The number of nitrogens with one attached hydrogen (secondary N) is 1. The standard InChI is InChI=1S/C15H21ClN2O3/c1-4-6-13(14(19)20)17-15(21)18(3)10(2)11-7-5-8-12(16)9-11/h5,7-10,13H,4,6H2,1-3H3,(H,17,21)(H,19,20)/t10?,13-/m0/s1. The summed E-state index contributed by atoms with van der Waals surface area (Å²) in [6.07, 6.45) is 1.09. The van der Waals surface area contributed by atoms with Crippen LogP contribution in [0.15, 0.2) is 24.3 Å². The molecule has 0 saturated heterocycles. The highest BCUT2D eigenvalue weighted by Crippen LogP contribution is 2.21. The van der Waals surface area contributed by atoms with Crippen LogP contribution in [-0.2, 0) is 4.79 Å². The van der Waals surface area contributed by atoms with Gasteiger partial charge in [-0.05, 0) is 31.0 Å². The predicted octanol–water partition coefficient (Wildman–Crippen LogP) is 3.30. The second kappa shape index (κ2) is 7.88. The molecule has 1 unspecified atom stereocenters. The molecule has 1 aromatic rings. The number of nitrogens with zero attached hydrogens (tertiary/aromatic N) is 1. The minimum Gasteiger partial charge on any atom is -0.480 e. The minimum absolute atomic E-state index is 0.209. The van der Waals surface area contributed by atoms with Crippen molar-refractivity contribution in [1.29, 1.82) is 0 Å². The third-order valence-corrected chi connectivity index (χ3v) is 3.64. The number of halogens is 1. The zero-order chi connectivity index (χ0) is 16.0. The lowest BCUT2D eigenvalue weighted by Gasteiger charge is -2.27. The molecule has 21 heavy (non-hydrogen) atoms. The number of carboxylic acids is 1. The van der Waals surface area contributed by atoms with Gasteiger partial charge in [0.15, 0.2) is 0 Å². The van der Waals surface area contributed by atoms with Crippen molar-refractivity contribution in [2.24, 2.45) is 0 Å². The normalized spacial score (nSPS) is 13.3. The summed E-state index contributed by atoms with van der Waals surface area (Å²) in [6.45, 7) is 3.74. The molecule has 0 aliphatic carbocycles. The van der Waals surface area contributed by atoms with Crippen LogP contribution >= 0.6 is 11.6 Å². The van der Waals surface area contributed by atoms with Crippen LogP contribution in [0.5, 0.6) is 0 Å². The van der Waals surface area contributed by atoms with E-state index in [0.717, 1.165) is 5.56 Å². The highest BCUT2D eigenvalue weighted by molar-refractivity contribution is 6.30. The molecule has 116 valence electrons. The van der Waals surface area contributed by atoms with Gasteiger partial charge in [0, 0.05) is 12.1 Å². The Balaban J connectivity index is 2.75. The zero-order valence-electron chi connectivity index (χ0n) is 12.5. The number of urea groups is 1. The van der Waals surface area contributed by atoms with Crippen molar-refractivity contribution in [3.63, 3.8) is 0 Å². The van der Waals surface area contributed by atoms with Crippen LogP contribution in [0.4, 0.5) is 4.79 Å². The van der Waals surface area contributed by atoms with Crippen molar-refractivity contribution in [1.82, 2.24) is 10.2 Å². The lowest BCUT2D eigenvalue weighted by atomic mass is 10.1. The monoisotopic (exact) mass is 312 g/mol. The average Bonchev–Trinajstić information content (AvgIpc) is 2.44. The van der Waals surface area contributed by atoms with Gasteiger partial charge in [0.1, 0.15) is 6.04 Å². The van der Waals surface area contributed by atoms with Crippen LogP contribution < -0.4 is 5.32 Å². The second-order valence-electron chi connectivity index (χ2n) is 4.97. The number of carbonyl (C=O) groups excluding carboxylic acids is 1.